The van der Waals surface area contributed by atoms with Gasteiger partial charge < -0.3 is 5.21 Å². The van der Waals surface area contributed by atoms with Crippen LogP contribution in [0.4, 0.5) is 0 Å². The molecule has 0 radical (unpaired) electrons. The molecule has 0 saturated heterocycles. The van der Waals surface area contributed by atoms with Crippen LogP contribution in [0.5, 0.6) is 0 Å². The monoisotopic (exact) mass is 207 g/mol. The molecule has 12 heavy (non-hydrogen) atoms. The Hall–Kier alpha value is -0.430. The molecule has 6 heteroatoms. The van der Waals surface area contributed by atoms with Crippen molar-refractivity contribution >= 4 is 21.4 Å². The second-order valence-corrected chi connectivity index (χ2v) is 5.23. The van der Waals surface area contributed by atoms with Gasteiger partial charge in [-0.25, -0.2) is 8.42 Å². The number of hydrogen-bond donors (Lipinski definition) is 2. The standard InChI is InChI=1S/C6H9NO3S2/c1-2-5-3-4-6(11-5)12(9,10)7-8/h3-4,7-8H,2H2,1H3. The van der Waals surface area contributed by atoms with Gasteiger partial charge in [0.25, 0.3) is 10.0 Å². The van der Waals surface area contributed by atoms with Gasteiger partial charge in [0, 0.05) is 4.88 Å². The van der Waals surface area contributed by atoms with Gasteiger partial charge in [0.05, 0.1) is 0 Å². The molecule has 0 aromatic carbocycles. The fraction of sp³-hybridized carbons (Fsp3) is 0.333. The summed E-state index contributed by atoms with van der Waals surface area (Å²) in [6.45, 7) is 1.94. The molecule has 0 amide bonds. The maximum atomic E-state index is 11.0. The molecule has 0 atom stereocenters. The molecule has 0 bridgehead atoms. The number of hydrogen-bond acceptors (Lipinski definition) is 4. The van der Waals surface area contributed by atoms with Crippen molar-refractivity contribution in [3.63, 3.8) is 0 Å². The van der Waals surface area contributed by atoms with E-state index in [1.54, 1.807) is 6.07 Å². The highest BCUT2D eigenvalue weighted by atomic mass is 32.2. The van der Waals surface area contributed by atoms with Crippen LogP contribution < -0.4 is 4.89 Å². The quantitative estimate of drug-likeness (QED) is 0.726. The highest BCUT2D eigenvalue weighted by molar-refractivity contribution is 7.91. The van der Waals surface area contributed by atoms with Crippen molar-refractivity contribution in [2.45, 2.75) is 17.6 Å². The van der Waals surface area contributed by atoms with E-state index < -0.39 is 10.0 Å². The molecule has 0 unspecified atom stereocenters. The fourth-order valence-electron chi connectivity index (χ4n) is 0.738. The van der Waals surface area contributed by atoms with Crippen LogP contribution >= 0.6 is 11.3 Å². The summed E-state index contributed by atoms with van der Waals surface area (Å²) in [7, 11) is -3.66. The number of rotatable bonds is 3. The number of sulfonamides is 1. The Bertz CT molecular complexity index is 355. The summed E-state index contributed by atoms with van der Waals surface area (Å²) < 4.78 is 22.1. The molecular weight excluding hydrogens is 198 g/mol. The van der Waals surface area contributed by atoms with Gasteiger partial charge in [-0.2, -0.15) is 0 Å². The first-order valence-corrected chi connectivity index (χ1v) is 5.64. The molecule has 1 heterocycles. The lowest BCUT2D eigenvalue weighted by molar-refractivity contribution is 0.243. The molecule has 0 aliphatic carbocycles. The average Bonchev–Trinajstić information content (AvgIpc) is 2.52. The lowest BCUT2D eigenvalue weighted by Gasteiger charge is -1.94. The van der Waals surface area contributed by atoms with Crippen LogP contribution in [0.25, 0.3) is 0 Å². The molecule has 1 aromatic heterocycles. The molecule has 2 N–H and O–H groups in total. The summed E-state index contributed by atoms with van der Waals surface area (Å²) >= 11 is 1.15. The van der Waals surface area contributed by atoms with E-state index in [-0.39, 0.29) is 4.21 Å². The van der Waals surface area contributed by atoms with Crippen molar-refractivity contribution in [1.29, 1.82) is 0 Å². The molecular formula is C6H9NO3S2. The Morgan fingerprint density at radius 3 is 2.67 bits per heavy atom. The predicted molar refractivity (Wildman–Crippen MR) is 45.8 cm³/mol. The first kappa shape index (κ1) is 9.66. The van der Waals surface area contributed by atoms with Crippen LogP contribution in [0.3, 0.4) is 0 Å². The Labute approximate surface area is 74.9 Å². The molecule has 0 aliphatic heterocycles. The summed E-state index contributed by atoms with van der Waals surface area (Å²) in [5, 5.41) is 8.30. The van der Waals surface area contributed by atoms with Crippen LogP contribution in [0, 0.1) is 0 Å². The fourth-order valence-corrected chi connectivity index (χ4v) is 2.62. The van der Waals surface area contributed by atoms with Crippen LogP contribution in [0.15, 0.2) is 16.3 Å². The highest BCUT2D eigenvalue weighted by Crippen LogP contribution is 2.21. The molecule has 0 saturated carbocycles. The van der Waals surface area contributed by atoms with E-state index in [2.05, 4.69) is 0 Å². The Balaban J connectivity index is 3.05. The van der Waals surface area contributed by atoms with Crippen LogP contribution in [0.2, 0.25) is 0 Å². The van der Waals surface area contributed by atoms with Crippen molar-refractivity contribution < 1.29 is 13.6 Å². The number of thiophene rings is 1. The molecule has 1 rings (SSSR count). The van der Waals surface area contributed by atoms with E-state index in [1.165, 1.54) is 11.0 Å². The molecule has 0 spiro atoms. The third-order valence-electron chi connectivity index (χ3n) is 1.37. The van der Waals surface area contributed by atoms with Crippen molar-refractivity contribution in [3.8, 4) is 0 Å². The van der Waals surface area contributed by atoms with E-state index in [0.717, 1.165) is 22.6 Å². The maximum absolute atomic E-state index is 11.0. The molecule has 4 nitrogen and oxygen atoms in total. The molecule has 0 aliphatic rings. The molecule has 1 aromatic rings. The van der Waals surface area contributed by atoms with Crippen LogP contribution in [-0.4, -0.2) is 13.6 Å². The lowest BCUT2D eigenvalue weighted by Crippen LogP contribution is -2.17. The number of nitrogens with one attached hydrogen (secondary N) is 1. The van der Waals surface area contributed by atoms with Gasteiger partial charge in [0.2, 0.25) is 0 Å². The maximum Gasteiger partial charge on any atom is 0.271 e. The largest absolute Gasteiger partial charge is 0.302 e. The van der Waals surface area contributed by atoms with Gasteiger partial charge in [0.15, 0.2) is 0 Å². The van der Waals surface area contributed by atoms with Crippen LogP contribution in [-0.2, 0) is 16.4 Å². The zero-order valence-electron chi connectivity index (χ0n) is 6.44. The van der Waals surface area contributed by atoms with Gasteiger partial charge in [-0.1, -0.05) is 11.8 Å². The van der Waals surface area contributed by atoms with Gasteiger partial charge >= 0.3 is 0 Å². The molecule has 68 valence electrons. The SMILES string of the molecule is CCc1ccc(S(=O)(=O)NO)s1. The van der Waals surface area contributed by atoms with Gasteiger partial charge in [-0.15, -0.1) is 11.3 Å². The molecule has 0 fully saturated rings. The lowest BCUT2D eigenvalue weighted by atomic mass is 10.4. The normalized spacial score (nSPS) is 11.8. The summed E-state index contributed by atoms with van der Waals surface area (Å²) in [5.74, 6) is 0. The Kier molecular flexibility index (Phi) is 2.84. The topological polar surface area (TPSA) is 66.4 Å². The second kappa shape index (κ2) is 3.53. The smallest absolute Gasteiger partial charge is 0.271 e. The summed E-state index contributed by atoms with van der Waals surface area (Å²) in [4.78, 5) is 2.25. The summed E-state index contributed by atoms with van der Waals surface area (Å²) in [5.41, 5.74) is 0. The third kappa shape index (κ3) is 1.84. The predicted octanol–water partition coefficient (Wildman–Crippen LogP) is 0.978. The van der Waals surface area contributed by atoms with E-state index in [1.807, 2.05) is 6.92 Å². The van der Waals surface area contributed by atoms with Gasteiger partial charge in [-0.3, -0.25) is 0 Å². The van der Waals surface area contributed by atoms with Crippen molar-refractivity contribution in [3.05, 3.63) is 17.0 Å². The zero-order chi connectivity index (χ0) is 9.19. The van der Waals surface area contributed by atoms with Crippen LogP contribution in [0.1, 0.15) is 11.8 Å². The first-order valence-electron chi connectivity index (χ1n) is 3.34. The van der Waals surface area contributed by atoms with E-state index in [0.29, 0.717) is 0 Å². The highest BCUT2D eigenvalue weighted by Gasteiger charge is 2.14. The van der Waals surface area contributed by atoms with E-state index >= 15 is 0 Å². The Morgan fingerprint density at radius 1 is 1.58 bits per heavy atom. The minimum atomic E-state index is -3.66. The third-order valence-corrected chi connectivity index (χ3v) is 4.21. The summed E-state index contributed by atoms with van der Waals surface area (Å²) in [6, 6.07) is 3.21. The first-order chi connectivity index (χ1) is 5.60. The van der Waals surface area contributed by atoms with E-state index in [4.69, 9.17) is 5.21 Å². The van der Waals surface area contributed by atoms with Gasteiger partial charge in [0.1, 0.15) is 4.21 Å². The second-order valence-electron chi connectivity index (χ2n) is 2.17. The van der Waals surface area contributed by atoms with Crippen molar-refractivity contribution in [2.24, 2.45) is 0 Å². The van der Waals surface area contributed by atoms with Crippen molar-refractivity contribution in [1.82, 2.24) is 4.89 Å². The average molecular weight is 207 g/mol. The van der Waals surface area contributed by atoms with Gasteiger partial charge in [-0.05, 0) is 18.6 Å². The number of aryl methyl sites for hydroxylation is 1. The van der Waals surface area contributed by atoms with E-state index in [9.17, 15) is 8.42 Å². The minimum absolute atomic E-state index is 0.141. The zero-order valence-corrected chi connectivity index (χ0v) is 8.08. The minimum Gasteiger partial charge on any atom is -0.302 e. The summed E-state index contributed by atoms with van der Waals surface area (Å²) in [6.07, 6.45) is 0.797. The Morgan fingerprint density at radius 2 is 2.25 bits per heavy atom. The van der Waals surface area contributed by atoms with Crippen molar-refractivity contribution in [2.75, 3.05) is 0 Å².